The number of aliphatic carboxylic acids is 1. The lowest BCUT2D eigenvalue weighted by Crippen LogP contribution is -2.65. The zero-order chi connectivity index (χ0) is 36.6. The van der Waals surface area contributed by atoms with E-state index in [4.69, 9.17) is 47.4 Å². The molecule has 50 heavy (non-hydrogen) atoms. The second kappa shape index (κ2) is 16.8. The van der Waals surface area contributed by atoms with Crippen molar-refractivity contribution in [2.75, 3.05) is 33.5 Å². The minimum absolute atomic E-state index is 0.276. The molecule has 0 aliphatic carbocycles. The highest BCUT2D eigenvalue weighted by Gasteiger charge is 2.54. The fourth-order valence-electron chi connectivity index (χ4n) is 5.97. The highest BCUT2D eigenvalue weighted by atomic mass is 16.8. The fraction of sp³-hybridized carbons (Fsp3) is 0.963. The molecule has 5 heterocycles. The van der Waals surface area contributed by atoms with E-state index in [1.807, 2.05) is 0 Å². The molecule has 0 aromatic carbocycles. The van der Waals surface area contributed by atoms with E-state index in [1.54, 1.807) is 0 Å². The van der Waals surface area contributed by atoms with Gasteiger partial charge in [0.25, 0.3) is 0 Å². The summed E-state index contributed by atoms with van der Waals surface area (Å²) in [5.41, 5.74) is 0. The summed E-state index contributed by atoms with van der Waals surface area (Å²) < 4.78 is 54.3. The number of aliphatic hydroxyl groups excluding tert-OH is 11. The number of rotatable bonds is 10. The number of carboxylic acid groups (broad SMARTS) is 1. The highest BCUT2D eigenvalue weighted by molar-refractivity contribution is 5.73. The van der Waals surface area contributed by atoms with Crippen molar-refractivity contribution < 1.29 is 113 Å². The number of hydrogen-bond acceptors (Lipinski definition) is 22. The van der Waals surface area contributed by atoms with E-state index in [9.17, 15) is 66.1 Å². The van der Waals surface area contributed by atoms with Gasteiger partial charge < -0.3 is 109 Å². The summed E-state index contributed by atoms with van der Waals surface area (Å²) in [6.45, 7) is -1.80. The minimum Gasteiger partial charge on any atom is -0.479 e. The Morgan fingerprint density at radius 2 is 0.920 bits per heavy atom. The van der Waals surface area contributed by atoms with Crippen LogP contribution in [0.25, 0.3) is 0 Å². The molecule has 12 N–H and O–H groups in total. The van der Waals surface area contributed by atoms with Crippen LogP contribution in [0.5, 0.6) is 0 Å². The Morgan fingerprint density at radius 3 is 1.48 bits per heavy atom. The quantitative estimate of drug-likeness (QED) is 0.0990. The zero-order valence-electron chi connectivity index (χ0n) is 26.3. The van der Waals surface area contributed by atoms with E-state index in [0.29, 0.717) is 0 Å². The van der Waals surface area contributed by atoms with Crippen LogP contribution < -0.4 is 0 Å². The Hall–Kier alpha value is -1.37. The molecule has 5 fully saturated rings. The average molecular weight is 737 g/mol. The molecule has 290 valence electrons. The first-order valence-electron chi connectivity index (χ1n) is 15.6. The van der Waals surface area contributed by atoms with E-state index in [2.05, 4.69) is 0 Å². The molecule has 0 saturated carbocycles. The zero-order valence-corrected chi connectivity index (χ0v) is 26.3. The Bertz CT molecular complexity index is 1100. The Morgan fingerprint density at radius 1 is 0.480 bits per heavy atom. The maximum absolute atomic E-state index is 11.6. The van der Waals surface area contributed by atoms with Gasteiger partial charge in [-0.3, -0.25) is 0 Å². The van der Waals surface area contributed by atoms with Crippen molar-refractivity contribution in [3.8, 4) is 0 Å². The fourth-order valence-corrected chi connectivity index (χ4v) is 5.97. The van der Waals surface area contributed by atoms with Gasteiger partial charge in [0.1, 0.15) is 91.6 Å². The molecule has 0 bridgehead atoms. The summed E-state index contributed by atoms with van der Waals surface area (Å²) >= 11 is 0. The third kappa shape index (κ3) is 8.23. The summed E-state index contributed by atoms with van der Waals surface area (Å²) in [6, 6.07) is 0. The number of methoxy groups -OCH3 is 1. The van der Waals surface area contributed by atoms with Gasteiger partial charge in [-0.25, -0.2) is 4.79 Å². The summed E-state index contributed by atoms with van der Waals surface area (Å²) in [5, 5.41) is 124. The van der Waals surface area contributed by atoms with Crippen LogP contribution in [0.4, 0.5) is 0 Å². The number of carboxylic acids is 1. The first kappa shape index (κ1) is 39.8. The van der Waals surface area contributed by atoms with Gasteiger partial charge in [-0.15, -0.1) is 0 Å². The number of ether oxygens (including phenoxy) is 10. The van der Waals surface area contributed by atoms with Crippen molar-refractivity contribution in [2.45, 2.75) is 129 Å². The summed E-state index contributed by atoms with van der Waals surface area (Å²) in [6.07, 6.45) is -35.9. The summed E-state index contributed by atoms with van der Waals surface area (Å²) in [7, 11) is 1.25. The highest BCUT2D eigenvalue weighted by Crippen LogP contribution is 2.32. The molecule has 0 aromatic rings. The molecule has 5 rings (SSSR count). The third-order valence-corrected chi connectivity index (χ3v) is 9.00. The number of carbonyl (C=O) groups is 1. The molecule has 0 radical (unpaired) electrons. The van der Waals surface area contributed by atoms with Gasteiger partial charge in [-0.2, -0.15) is 0 Å². The first-order valence-corrected chi connectivity index (χ1v) is 15.6. The maximum Gasteiger partial charge on any atom is 0.335 e. The molecule has 0 amide bonds. The lowest BCUT2D eigenvalue weighted by Gasteiger charge is -2.47. The molecule has 0 aromatic heterocycles. The second-order valence-electron chi connectivity index (χ2n) is 12.4. The van der Waals surface area contributed by atoms with Crippen molar-refractivity contribution in [3.05, 3.63) is 0 Å². The van der Waals surface area contributed by atoms with Gasteiger partial charge in [0.05, 0.1) is 26.4 Å². The largest absolute Gasteiger partial charge is 0.479 e. The van der Waals surface area contributed by atoms with Gasteiger partial charge in [-0.1, -0.05) is 0 Å². The van der Waals surface area contributed by atoms with Gasteiger partial charge in [-0.05, 0) is 0 Å². The predicted molar refractivity (Wildman–Crippen MR) is 148 cm³/mol. The molecule has 23 heteroatoms. The van der Waals surface area contributed by atoms with Crippen LogP contribution in [0, 0.1) is 0 Å². The van der Waals surface area contributed by atoms with Crippen molar-refractivity contribution in [2.24, 2.45) is 0 Å². The van der Waals surface area contributed by atoms with E-state index in [1.165, 1.54) is 7.11 Å². The second-order valence-corrected chi connectivity index (χ2v) is 12.4. The van der Waals surface area contributed by atoms with E-state index >= 15 is 0 Å². The van der Waals surface area contributed by atoms with Crippen LogP contribution in [-0.4, -0.2) is 230 Å². The predicted octanol–water partition coefficient (Wildman–Crippen LogP) is -8.62. The lowest BCUT2D eigenvalue weighted by atomic mass is 9.98. The Balaban J connectivity index is 1.28. The molecule has 21 atom stereocenters. The van der Waals surface area contributed by atoms with Crippen LogP contribution in [0.1, 0.15) is 0 Å². The first-order chi connectivity index (χ1) is 23.6. The average Bonchev–Trinajstić information content (AvgIpc) is 3.09. The van der Waals surface area contributed by atoms with Gasteiger partial charge in [0.15, 0.2) is 37.6 Å². The van der Waals surface area contributed by atoms with Crippen molar-refractivity contribution in [1.29, 1.82) is 0 Å². The van der Waals surface area contributed by atoms with Crippen LogP contribution in [-0.2, 0) is 52.2 Å². The summed E-state index contributed by atoms with van der Waals surface area (Å²) in [5.74, 6) is -1.73. The Kier molecular flexibility index (Phi) is 13.3. The van der Waals surface area contributed by atoms with Crippen molar-refractivity contribution >= 4 is 5.97 Å². The lowest BCUT2D eigenvalue weighted by molar-refractivity contribution is -0.382. The van der Waals surface area contributed by atoms with E-state index < -0.39 is 155 Å². The monoisotopic (exact) mass is 736 g/mol. The molecule has 11 unspecified atom stereocenters. The van der Waals surface area contributed by atoms with Gasteiger partial charge in [0.2, 0.25) is 0 Å². The molecule has 5 saturated heterocycles. The summed E-state index contributed by atoms with van der Waals surface area (Å²) in [4.78, 5) is 11.6. The normalized spacial score (nSPS) is 52.0. The van der Waals surface area contributed by atoms with Crippen LogP contribution in [0.2, 0.25) is 0 Å². The standard InChI is InChI=1S/C27H44O23/c1-41-23-17(36)11(30)7(3-43-23)46-25-18(37)12(31)8(4-44-25)48-27-21(50-26-19(38)14(33)15(34)20(49-26)22(39)40)13(32)9(5-45-27)47-24-16(35)10(29)6(28)2-42-24/h6-21,23-38H,2-5H2,1H3,(H,39,40)/t6-,7-,8-,9-,10?,11?,12?,13?,14?,15+,16?,17?,18?,19?,20?,21?,23-,24+,25+,26-,27+/m1/s1. The molecule has 5 aliphatic rings. The van der Waals surface area contributed by atoms with Gasteiger partial charge >= 0.3 is 5.97 Å². The smallest absolute Gasteiger partial charge is 0.335 e. The molecule has 0 spiro atoms. The molecular formula is C27H44O23. The van der Waals surface area contributed by atoms with Gasteiger partial charge in [0, 0.05) is 7.11 Å². The van der Waals surface area contributed by atoms with Crippen LogP contribution >= 0.6 is 0 Å². The molecule has 23 nitrogen and oxygen atoms in total. The third-order valence-electron chi connectivity index (χ3n) is 9.00. The topological polar surface area (TPSA) is 352 Å². The number of aliphatic hydroxyl groups is 11. The van der Waals surface area contributed by atoms with E-state index in [0.717, 1.165) is 0 Å². The van der Waals surface area contributed by atoms with Crippen LogP contribution in [0.3, 0.4) is 0 Å². The molecular weight excluding hydrogens is 692 g/mol. The number of hydrogen-bond donors (Lipinski definition) is 12. The molecule has 5 aliphatic heterocycles. The van der Waals surface area contributed by atoms with Crippen molar-refractivity contribution in [3.63, 3.8) is 0 Å². The van der Waals surface area contributed by atoms with Crippen LogP contribution in [0.15, 0.2) is 0 Å². The SMILES string of the molecule is CO[C@@H]1OC[C@@H](O[C@@H]2OC[C@@H](O[C@@H]3OC[C@@H](O[C@@H]4OC[C@@H](O)C(O)C4O)C(O)C3O[C@H]3OC(C(=O)O)[C@@H](O)C(O)C3O)C(O)C2O)C(O)C1O. The Labute approximate surface area is 282 Å². The minimum atomic E-state index is -2.10. The van der Waals surface area contributed by atoms with Crippen molar-refractivity contribution in [1.82, 2.24) is 0 Å². The van der Waals surface area contributed by atoms with E-state index in [-0.39, 0.29) is 6.61 Å². The maximum atomic E-state index is 11.6.